The minimum Gasteiger partial charge on any atom is -0.380 e. The topological polar surface area (TPSA) is 66.9 Å². The van der Waals surface area contributed by atoms with Gasteiger partial charge in [-0.15, -0.1) is 0 Å². The first-order valence-corrected chi connectivity index (χ1v) is 5.52. The second kappa shape index (κ2) is 6.93. The van der Waals surface area contributed by atoms with Gasteiger partial charge in [0.05, 0.1) is 12.7 Å². The second-order valence-electron chi connectivity index (χ2n) is 3.66. The standard InChI is InChI=1S/C13H16O4/c1-2-3-4-5-10(8-14)13(16)12(15)7-6-11-9-17-11/h3-8,11,13,16H,2,9H2,1H3/b4-3+,7-6+,10-5-/t11-,13+/m1/s1. The van der Waals surface area contributed by atoms with Crippen LogP contribution in [0.15, 0.2) is 36.0 Å². The summed E-state index contributed by atoms with van der Waals surface area (Å²) in [5, 5.41) is 9.64. The maximum Gasteiger partial charge on any atom is 0.188 e. The van der Waals surface area contributed by atoms with Gasteiger partial charge in [0.2, 0.25) is 0 Å². The Balaban J connectivity index is 2.60. The molecule has 0 radical (unpaired) electrons. The average molecular weight is 236 g/mol. The van der Waals surface area contributed by atoms with E-state index in [1.807, 2.05) is 13.0 Å². The lowest BCUT2D eigenvalue weighted by Crippen LogP contribution is -2.21. The summed E-state index contributed by atoms with van der Waals surface area (Å²) in [6.07, 6.45) is 7.65. The molecule has 1 fully saturated rings. The predicted octanol–water partition coefficient (Wildman–Crippen LogP) is 0.963. The number of ether oxygens (including phenoxy) is 1. The van der Waals surface area contributed by atoms with E-state index in [2.05, 4.69) is 0 Å². The zero-order valence-corrected chi connectivity index (χ0v) is 9.70. The number of allylic oxidation sites excluding steroid dienone is 3. The number of aldehydes is 1. The smallest absolute Gasteiger partial charge is 0.188 e. The van der Waals surface area contributed by atoms with E-state index in [0.717, 1.165) is 6.42 Å². The minimum absolute atomic E-state index is 0.0187. The molecule has 1 N–H and O–H groups in total. The van der Waals surface area contributed by atoms with Gasteiger partial charge in [-0.2, -0.15) is 0 Å². The van der Waals surface area contributed by atoms with Gasteiger partial charge in [0.15, 0.2) is 5.78 Å². The molecule has 1 aliphatic heterocycles. The minimum atomic E-state index is -1.40. The van der Waals surface area contributed by atoms with E-state index in [1.54, 1.807) is 12.2 Å². The maximum absolute atomic E-state index is 11.5. The average Bonchev–Trinajstić information content (AvgIpc) is 3.15. The molecule has 0 saturated carbocycles. The zero-order valence-electron chi connectivity index (χ0n) is 9.70. The molecule has 0 amide bonds. The molecular weight excluding hydrogens is 220 g/mol. The van der Waals surface area contributed by atoms with Crippen LogP contribution in [0.3, 0.4) is 0 Å². The van der Waals surface area contributed by atoms with Crippen LogP contribution in [-0.4, -0.2) is 36.0 Å². The van der Waals surface area contributed by atoms with Crippen molar-refractivity contribution in [3.8, 4) is 0 Å². The molecule has 0 aromatic carbocycles. The predicted molar refractivity (Wildman–Crippen MR) is 63.5 cm³/mol. The molecule has 2 atom stereocenters. The van der Waals surface area contributed by atoms with Crippen LogP contribution in [-0.2, 0) is 14.3 Å². The monoisotopic (exact) mass is 236 g/mol. The van der Waals surface area contributed by atoms with E-state index >= 15 is 0 Å². The molecule has 0 aromatic heterocycles. The molecule has 0 spiro atoms. The Morgan fingerprint density at radius 3 is 2.82 bits per heavy atom. The Kier molecular flexibility index (Phi) is 5.52. The van der Waals surface area contributed by atoms with Crippen LogP contribution in [0.5, 0.6) is 0 Å². The van der Waals surface area contributed by atoms with Gasteiger partial charge in [0.1, 0.15) is 12.4 Å². The molecule has 1 rings (SSSR count). The Morgan fingerprint density at radius 1 is 1.59 bits per heavy atom. The third-order valence-electron chi connectivity index (χ3n) is 2.22. The molecule has 17 heavy (non-hydrogen) atoms. The normalized spacial score (nSPS) is 22.0. The molecule has 1 aliphatic rings. The van der Waals surface area contributed by atoms with Gasteiger partial charge in [0.25, 0.3) is 0 Å². The Hall–Kier alpha value is -1.52. The van der Waals surface area contributed by atoms with Gasteiger partial charge < -0.3 is 9.84 Å². The number of aliphatic hydroxyl groups is 1. The quantitative estimate of drug-likeness (QED) is 0.309. The molecular formula is C13H16O4. The van der Waals surface area contributed by atoms with E-state index in [4.69, 9.17) is 4.74 Å². The van der Waals surface area contributed by atoms with Crippen LogP contribution >= 0.6 is 0 Å². The van der Waals surface area contributed by atoms with Crippen LogP contribution in [0.1, 0.15) is 13.3 Å². The van der Waals surface area contributed by atoms with E-state index in [0.29, 0.717) is 12.9 Å². The fraction of sp³-hybridized carbons (Fsp3) is 0.385. The number of aliphatic hydroxyl groups excluding tert-OH is 1. The maximum atomic E-state index is 11.5. The molecule has 1 heterocycles. The van der Waals surface area contributed by atoms with Crippen LogP contribution < -0.4 is 0 Å². The first-order chi connectivity index (χ1) is 8.19. The highest BCUT2D eigenvalue weighted by Gasteiger charge is 2.21. The summed E-state index contributed by atoms with van der Waals surface area (Å²) in [7, 11) is 0. The number of rotatable bonds is 7. The van der Waals surface area contributed by atoms with Gasteiger partial charge in [-0.3, -0.25) is 9.59 Å². The fourth-order valence-corrected chi connectivity index (χ4v) is 1.13. The van der Waals surface area contributed by atoms with Crippen molar-refractivity contribution in [3.05, 3.63) is 36.0 Å². The van der Waals surface area contributed by atoms with E-state index in [1.165, 1.54) is 12.2 Å². The lowest BCUT2D eigenvalue weighted by Gasteiger charge is -2.04. The highest BCUT2D eigenvalue weighted by molar-refractivity contribution is 6.00. The van der Waals surface area contributed by atoms with Crippen molar-refractivity contribution in [2.24, 2.45) is 0 Å². The SMILES string of the molecule is CC/C=C/C=C(/C=O)[C@H](O)C(=O)/C=C/[C@@H]1CO1. The molecule has 4 nitrogen and oxygen atoms in total. The molecule has 0 bridgehead atoms. The van der Waals surface area contributed by atoms with Gasteiger partial charge in [-0.1, -0.05) is 25.2 Å². The summed E-state index contributed by atoms with van der Waals surface area (Å²) in [6.45, 7) is 2.56. The summed E-state index contributed by atoms with van der Waals surface area (Å²) >= 11 is 0. The highest BCUT2D eigenvalue weighted by atomic mass is 16.6. The van der Waals surface area contributed by atoms with Crippen LogP contribution in [0, 0.1) is 0 Å². The number of carbonyl (C=O) groups excluding carboxylic acids is 2. The zero-order chi connectivity index (χ0) is 12.7. The van der Waals surface area contributed by atoms with Crippen LogP contribution in [0.25, 0.3) is 0 Å². The molecule has 92 valence electrons. The van der Waals surface area contributed by atoms with Gasteiger partial charge in [-0.05, 0) is 18.6 Å². The largest absolute Gasteiger partial charge is 0.380 e. The van der Waals surface area contributed by atoms with E-state index < -0.39 is 11.9 Å². The van der Waals surface area contributed by atoms with E-state index in [9.17, 15) is 14.7 Å². The second-order valence-corrected chi connectivity index (χ2v) is 3.66. The number of hydrogen-bond acceptors (Lipinski definition) is 4. The summed E-state index contributed by atoms with van der Waals surface area (Å²) in [5.41, 5.74) is 0.0565. The number of ketones is 1. The fourth-order valence-electron chi connectivity index (χ4n) is 1.13. The van der Waals surface area contributed by atoms with Crippen molar-refractivity contribution in [2.45, 2.75) is 25.6 Å². The van der Waals surface area contributed by atoms with E-state index in [-0.39, 0.29) is 11.7 Å². The first kappa shape index (κ1) is 13.5. The van der Waals surface area contributed by atoms with Crippen molar-refractivity contribution in [1.29, 1.82) is 0 Å². The number of hydrogen-bond donors (Lipinski definition) is 1. The van der Waals surface area contributed by atoms with Gasteiger partial charge >= 0.3 is 0 Å². The summed E-state index contributed by atoms with van der Waals surface area (Å²) in [4.78, 5) is 22.2. The van der Waals surface area contributed by atoms with Crippen molar-refractivity contribution in [3.63, 3.8) is 0 Å². The van der Waals surface area contributed by atoms with Crippen molar-refractivity contribution in [2.75, 3.05) is 6.61 Å². The number of epoxide rings is 1. The molecule has 1 saturated heterocycles. The van der Waals surface area contributed by atoms with Crippen molar-refractivity contribution >= 4 is 12.1 Å². The molecule has 0 unspecified atom stereocenters. The highest BCUT2D eigenvalue weighted by Crippen LogP contribution is 2.11. The third-order valence-corrected chi connectivity index (χ3v) is 2.22. The Labute approximate surface area is 100 Å². The Bertz CT molecular complexity index is 362. The molecule has 4 heteroatoms. The van der Waals surface area contributed by atoms with Crippen LogP contribution in [0.4, 0.5) is 0 Å². The summed E-state index contributed by atoms with van der Waals surface area (Å²) < 4.78 is 4.89. The lowest BCUT2D eigenvalue weighted by atomic mass is 10.1. The number of carbonyl (C=O) groups is 2. The first-order valence-electron chi connectivity index (χ1n) is 5.52. The third kappa shape index (κ3) is 4.89. The van der Waals surface area contributed by atoms with Gasteiger partial charge in [-0.25, -0.2) is 0 Å². The summed E-state index contributed by atoms with van der Waals surface area (Å²) in [5.74, 6) is -0.510. The Morgan fingerprint density at radius 2 is 2.29 bits per heavy atom. The van der Waals surface area contributed by atoms with Crippen LogP contribution in [0.2, 0.25) is 0 Å². The van der Waals surface area contributed by atoms with Crippen molar-refractivity contribution in [1.82, 2.24) is 0 Å². The van der Waals surface area contributed by atoms with Crippen molar-refractivity contribution < 1.29 is 19.4 Å². The molecule has 0 aliphatic carbocycles. The van der Waals surface area contributed by atoms with Gasteiger partial charge in [0, 0.05) is 5.57 Å². The molecule has 0 aromatic rings. The summed E-state index contributed by atoms with van der Waals surface area (Å²) in [6, 6.07) is 0. The lowest BCUT2D eigenvalue weighted by molar-refractivity contribution is -0.122.